The molecule has 5 nitrogen and oxygen atoms in total. The van der Waals surface area contributed by atoms with E-state index in [0.717, 1.165) is 36.8 Å². The number of aliphatic hydroxyl groups excluding tert-OH is 1. The summed E-state index contributed by atoms with van der Waals surface area (Å²) in [6.07, 6.45) is 5.53. The van der Waals surface area contributed by atoms with E-state index in [-0.39, 0.29) is 12.6 Å². The SMILES string of the molecule is CCNCc1c(N2CCCCC2CO)nc2sccn12. The monoisotopic (exact) mass is 294 g/mol. The van der Waals surface area contributed by atoms with E-state index in [2.05, 4.69) is 33.1 Å². The average molecular weight is 294 g/mol. The zero-order valence-electron chi connectivity index (χ0n) is 11.9. The standard InChI is InChI=1S/C14H22N4OS/c1-2-15-9-12-13(16-14-18(12)7-8-20-14)17-6-4-3-5-11(17)10-19/h7-8,11,15,19H,2-6,9-10H2,1H3. The van der Waals surface area contributed by atoms with Gasteiger partial charge in [0.1, 0.15) is 0 Å². The molecule has 0 saturated carbocycles. The maximum Gasteiger partial charge on any atom is 0.195 e. The fourth-order valence-corrected chi connectivity index (χ4v) is 3.66. The molecule has 1 aliphatic heterocycles. The summed E-state index contributed by atoms with van der Waals surface area (Å²) in [6.45, 7) is 5.09. The Kier molecular flexibility index (Phi) is 4.24. The van der Waals surface area contributed by atoms with Crippen molar-refractivity contribution >= 4 is 22.1 Å². The number of fused-ring (bicyclic) bond motifs is 1. The van der Waals surface area contributed by atoms with Crippen LogP contribution in [0, 0.1) is 0 Å². The second-order valence-electron chi connectivity index (χ2n) is 5.24. The summed E-state index contributed by atoms with van der Waals surface area (Å²) < 4.78 is 2.17. The molecule has 1 atom stereocenters. The van der Waals surface area contributed by atoms with Gasteiger partial charge in [-0.25, -0.2) is 4.98 Å². The Labute approximate surface area is 123 Å². The first-order valence-corrected chi connectivity index (χ1v) is 8.25. The highest BCUT2D eigenvalue weighted by Crippen LogP contribution is 2.29. The fourth-order valence-electron chi connectivity index (χ4n) is 2.93. The average Bonchev–Trinajstić information content (AvgIpc) is 3.06. The van der Waals surface area contributed by atoms with Crippen LogP contribution in [0.2, 0.25) is 0 Å². The van der Waals surface area contributed by atoms with E-state index < -0.39 is 0 Å². The van der Waals surface area contributed by atoms with Crippen LogP contribution in [-0.2, 0) is 6.54 Å². The number of hydrogen-bond donors (Lipinski definition) is 2. The third-order valence-corrected chi connectivity index (χ3v) is 4.75. The van der Waals surface area contributed by atoms with Gasteiger partial charge in [0.25, 0.3) is 0 Å². The number of aliphatic hydroxyl groups is 1. The number of nitrogens with zero attached hydrogens (tertiary/aromatic N) is 3. The summed E-state index contributed by atoms with van der Waals surface area (Å²) in [4.78, 5) is 8.14. The summed E-state index contributed by atoms with van der Waals surface area (Å²) in [5, 5.41) is 15.1. The number of piperidine rings is 1. The molecule has 0 radical (unpaired) electrons. The lowest BCUT2D eigenvalue weighted by molar-refractivity contribution is 0.239. The Morgan fingerprint density at radius 1 is 1.50 bits per heavy atom. The van der Waals surface area contributed by atoms with Crippen LogP contribution >= 0.6 is 11.3 Å². The van der Waals surface area contributed by atoms with Crippen LogP contribution in [0.4, 0.5) is 5.82 Å². The molecule has 0 amide bonds. The first kappa shape index (κ1) is 13.9. The minimum Gasteiger partial charge on any atom is -0.394 e. The lowest BCUT2D eigenvalue weighted by Crippen LogP contribution is -2.42. The highest BCUT2D eigenvalue weighted by Gasteiger charge is 2.27. The van der Waals surface area contributed by atoms with Gasteiger partial charge in [0.05, 0.1) is 18.3 Å². The van der Waals surface area contributed by atoms with Crippen molar-refractivity contribution in [2.45, 2.75) is 38.8 Å². The van der Waals surface area contributed by atoms with Crippen LogP contribution in [0.15, 0.2) is 11.6 Å². The maximum absolute atomic E-state index is 9.63. The minimum atomic E-state index is 0.214. The van der Waals surface area contributed by atoms with Gasteiger partial charge in [0, 0.05) is 24.7 Å². The highest BCUT2D eigenvalue weighted by atomic mass is 32.1. The van der Waals surface area contributed by atoms with Gasteiger partial charge in [0.2, 0.25) is 0 Å². The smallest absolute Gasteiger partial charge is 0.195 e. The van der Waals surface area contributed by atoms with E-state index in [0.29, 0.717) is 0 Å². The van der Waals surface area contributed by atoms with Gasteiger partial charge in [0.15, 0.2) is 10.8 Å². The van der Waals surface area contributed by atoms with Gasteiger partial charge in [-0.1, -0.05) is 6.92 Å². The largest absolute Gasteiger partial charge is 0.394 e. The topological polar surface area (TPSA) is 52.8 Å². The van der Waals surface area contributed by atoms with Gasteiger partial charge in [-0.2, -0.15) is 0 Å². The third kappa shape index (κ3) is 2.43. The van der Waals surface area contributed by atoms with Crippen molar-refractivity contribution in [2.75, 3.05) is 24.6 Å². The first-order chi connectivity index (χ1) is 9.85. The van der Waals surface area contributed by atoms with Crippen LogP contribution in [0.25, 0.3) is 4.96 Å². The van der Waals surface area contributed by atoms with E-state index in [1.807, 2.05) is 0 Å². The zero-order valence-corrected chi connectivity index (χ0v) is 12.7. The van der Waals surface area contributed by atoms with E-state index in [9.17, 15) is 5.11 Å². The third-order valence-electron chi connectivity index (χ3n) is 3.99. The predicted molar refractivity (Wildman–Crippen MR) is 82.5 cm³/mol. The minimum absolute atomic E-state index is 0.214. The number of nitrogens with one attached hydrogen (secondary N) is 1. The molecule has 110 valence electrons. The van der Waals surface area contributed by atoms with Gasteiger partial charge in [-0.05, 0) is 25.8 Å². The van der Waals surface area contributed by atoms with Crippen LogP contribution < -0.4 is 10.2 Å². The van der Waals surface area contributed by atoms with E-state index >= 15 is 0 Å². The van der Waals surface area contributed by atoms with Gasteiger partial charge >= 0.3 is 0 Å². The second-order valence-corrected chi connectivity index (χ2v) is 6.12. The number of aromatic nitrogens is 2. The Bertz CT molecular complexity index is 565. The lowest BCUT2D eigenvalue weighted by Gasteiger charge is -2.35. The molecular weight excluding hydrogens is 272 g/mol. The summed E-state index contributed by atoms with van der Waals surface area (Å²) in [6, 6.07) is 0.216. The molecule has 1 saturated heterocycles. The first-order valence-electron chi connectivity index (χ1n) is 7.37. The molecule has 0 aromatic carbocycles. The molecule has 2 aromatic heterocycles. The zero-order chi connectivity index (χ0) is 13.9. The molecule has 2 aromatic rings. The number of imidazole rings is 1. The molecule has 3 rings (SSSR count). The molecule has 6 heteroatoms. The van der Waals surface area contributed by atoms with Crippen LogP contribution in [0.1, 0.15) is 31.9 Å². The molecular formula is C14H22N4OS. The van der Waals surface area contributed by atoms with Crippen molar-refractivity contribution in [1.29, 1.82) is 0 Å². The van der Waals surface area contributed by atoms with Crippen LogP contribution in [-0.4, -0.2) is 40.2 Å². The Hall–Kier alpha value is -1.11. The quantitative estimate of drug-likeness (QED) is 0.884. The summed E-state index contributed by atoms with van der Waals surface area (Å²) >= 11 is 1.66. The molecule has 1 aliphatic rings. The number of hydrogen-bond acceptors (Lipinski definition) is 5. The number of thiazole rings is 1. The lowest BCUT2D eigenvalue weighted by atomic mass is 10.0. The Morgan fingerprint density at radius 3 is 3.20 bits per heavy atom. The molecule has 3 heterocycles. The van der Waals surface area contributed by atoms with Crippen molar-refractivity contribution in [2.24, 2.45) is 0 Å². The molecule has 0 aliphatic carbocycles. The van der Waals surface area contributed by atoms with Crippen molar-refractivity contribution in [1.82, 2.24) is 14.7 Å². The summed E-state index contributed by atoms with van der Waals surface area (Å²) in [5.74, 6) is 1.05. The highest BCUT2D eigenvalue weighted by molar-refractivity contribution is 7.15. The van der Waals surface area contributed by atoms with Crippen molar-refractivity contribution < 1.29 is 5.11 Å². The Balaban J connectivity index is 1.97. The van der Waals surface area contributed by atoms with Crippen molar-refractivity contribution in [3.63, 3.8) is 0 Å². The van der Waals surface area contributed by atoms with Gasteiger partial charge < -0.3 is 15.3 Å². The number of anilines is 1. The summed E-state index contributed by atoms with van der Waals surface area (Å²) in [5.41, 5.74) is 1.21. The molecule has 1 fully saturated rings. The molecule has 0 spiro atoms. The molecule has 0 bridgehead atoms. The number of rotatable bonds is 5. The maximum atomic E-state index is 9.63. The van der Waals surface area contributed by atoms with Gasteiger partial charge in [-0.3, -0.25) is 4.40 Å². The predicted octanol–water partition coefficient (Wildman–Crippen LogP) is 1.86. The van der Waals surface area contributed by atoms with Crippen LogP contribution in [0.5, 0.6) is 0 Å². The van der Waals surface area contributed by atoms with E-state index in [4.69, 9.17) is 4.98 Å². The van der Waals surface area contributed by atoms with E-state index in [1.165, 1.54) is 18.5 Å². The molecule has 2 N–H and O–H groups in total. The Morgan fingerprint density at radius 2 is 2.40 bits per heavy atom. The van der Waals surface area contributed by atoms with Crippen LogP contribution in [0.3, 0.4) is 0 Å². The molecule has 20 heavy (non-hydrogen) atoms. The molecule has 1 unspecified atom stereocenters. The van der Waals surface area contributed by atoms with E-state index in [1.54, 1.807) is 11.3 Å². The van der Waals surface area contributed by atoms with Crippen molar-refractivity contribution in [3.05, 3.63) is 17.3 Å². The summed E-state index contributed by atoms with van der Waals surface area (Å²) in [7, 11) is 0. The normalized spacial score (nSPS) is 19.9. The van der Waals surface area contributed by atoms with Crippen molar-refractivity contribution in [3.8, 4) is 0 Å². The fraction of sp³-hybridized carbons (Fsp3) is 0.643. The van der Waals surface area contributed by atoms with Gasteiger partial charge in [-0.15, -0.1) is 11.3 Å². The second kappa shape index (κ2) is 6.11.